The first-order valence-corrected chi connectivity index (χ1v) is 7.63. The van der Waals surface area contributed by atoms with Crippen molar-refractivity contribution in [1.82, 2.24) is 9.78 Å². The van der Waals surface area contributed by atoms with Gasteiger partial charge in [0.25, 0.3) is 0 Å². The molecule has 5 heteroatoms. The van der Waals surface area contributed by atoms with E-state index in [-0.39, 0.29) is 6.04 Å². The van der Waals surface area contributed by atoms with E-state index in [0.717, 1.165) is 29.9 Å². The molecule has 0 spiro atoms. The second-order valence-corrected chi connectivity index (χ2v) is 5.91. The van der Waals surface area contributed by atoms with E-state index in [1.54, 1.807) is 6.20 Å². The van der Waals surface area contributed by atoms with Crippen LogP contribution in [0.15, 0.2) is 30.6 Å². The molecule has 2 rings (SSSR count). The number of ether oxygens (including phenoxy) is 1. The molecule has 0 saturated carbocycles. The lowest BCUT2D eigenvalue weighted by atomic mass is 10.0. The maximum absolute atomic E-state index is 6.08. The Morgan fingerprint density at radius 2 is 2.14 bits per heavy atom. The zero-order chi connectivity index (χ0) is 15.4. The molecule has 0 saturated heterocycles. The highest BCUT2D eigenvalue weighted by atomic mass is 35.5. The number of rotatable bonds is 6. The van der Waals surface area contributed by atoms with Crippen molar-refractivity contribution < 1.29 is 4.74 Å². The number of hydrogen-bond donors (Lipinski definition) is 1. The summed E-state index contributed by atoms with van der Waals surface area (Å²) in [5, 5.41) is 4.97. The van der Waals surface area contributed by atoms with Gasteiger partial charge in [0.2, 0.25) is 0 Å². The predicted molar refractivity (Wildman–Crippen MR) is 86.1 cm³/mol. The summed E-state index contributed by atoms with van der Waals surface area (Å²) >= 11 is 6.08. The number of benzene rings is 1. The molecule has 0 aliphatic carbocycles. The molecule has 0 aliphatic heterocycles. The Morgan fingerprint density at radius 1 is 1.38 bits per heavy atom. The fourth-order valence-electron chi connectivity index (χ4n) is 2.02. The fraction of sp³-hybridized carbons (Fsp3) is 0.438. The van der Waals surface area contributed by atoms with Gasteiger partial charge in [0, 0.05) is 17.1 Å². The Labute approximate surface area is 130 Å². The quantitative estimate of drug-likeness (QED) is 0.870. The highest BCUT2D eigenvalue weighted by Crippen LogP contribution is 2.29. The molecule has 1 aromatic heterocycles. The molecule has 4 nitrogen and oxygen atoms in total. The van der Waals surface area contributed by atoms with Gasteiger partial charge in [0.1, 0.15) is 5.75 Å². The number of hydrogen-bond acceptors (Lipinski definition) is 3. The molecule has 0 fully saturated rings. The Bertz CT molecular complexity index is 595. The number of nitrogens with two attached hydrogens (primary N) is 1. The van der Waals surface area contributed by atoms with Crippen molar-refractivity contribution >= 4 is 11.6 Å². The summed E-state index contributed by atoms with van der Waals surface area (Å²) < 4.78 is 7.81. The molecule has 0 bridgehead atoms. The van der Waals surface area contributed by atoms with Gasteiger partial charge in [-0.3, -0.25) is 4.68 Å². The van der Waals surface area contributed by atoms with Crippen molar-refractivity contribution in [2.75, 3.05) is 0 Å². The normalized spacial score (nSPS) is 12.7. The minimum atomic E-state index is 0.101. The molecule has 1 aromatic carbocycles. The van der Waals surface area contributed by atoms with Crippen LogP contribution in [-0.2, 0) is 6.42 Å². The third-order valence-electron chi connectivity index (χ3n) is 3.36. The zero-order valence-corrected chi connectivity index (χ0v) is 13.5. The van der Waals surface area contributed by atoms with Crippen LogP contribution in [0, 0.1) is 0 Å². The SMILES string of the molecule is CCC(N)Cc1cc(Cl)ccc1Oc1cnn(C(C)C)c1. The topological polar surface area (TPSA) is 53.1 Å². The lowest BCUT2D eigenvalue weighted by Gasteiger charge is -2.14. The second kappa shape index (κ2) is 6.96. The van der Waals surface area contributed by atoms with Crippen molar-refractivity contribution in [2.24, 2.45) is 5.73 Å². The van der Waals surface area contributed by atoms with Gasteiger partial charge < -0.3 is 10.5 Å². The Morgan fingerprint density at radius 3 is 2.76 bits per heavy atom. The van der Waals surface area contributed by atoms with Crippen LogP contribution < -0.4 is 10.5 Å². The summed E-state index contributed by atoms with van der Waals surface area (Å²) in [7, 11) is 0. The lowest BCUT2D eigenvalue weighted by molar-refractivity contribution is 0.467. The average molecular weight is 308 g/mol. The molecule has 1 atom stereocenters. The van der Waals surface area contributed by atoms with Crippen molar-refractivity contribution in [3.05, 3.63) is 41.2 Å². The summed E-state index contributed by atoms with van der Waals surface area (Å²) in [4.78, 5) is 0. The first-order chi connectivity index (χ1) is 9.99. The van der Waals surface area contributed by atoms with Crippen LogP contribution in [0.25, 0.3) is 0 Å². The molecule has 0 aliphatic rings. The first kappa shape index (κ1) is 15.9. The first-order valence-electron chi connectivity index (χ1n) is 7.25. The average Bonchev–Trinajstić information content (AvgIpc) is 2.90. The van der Waals surface area contributed by atoms with E-state index < -0.39 is 0 Å². The maximum atomic E-state index is 6.08. The zero-order valence-electron chi connectivity index (χ0n) is 12.7. The molecular formula is C16H22ClN3O. The summed E-state index contributed by atoms with van der Waals surface area (Å²) in [5.41, 5.74) is 7.07. The van der Waals surface area contributed by atoms with E-state index in [1.807, 2.05) is 29.1 Å². The largest absolute Gasteiger partial charge is 0.454 e. The van der Waals surface area contributed by atoms with Crippen LogP contribution in [0.2, 0.25) is 5.02 Å². The summed E-state index contributed by atoms with van der Waals surface area (Å²) in [6.07, 6.45) is 5.27. The van der Waals surface area contributed by atoms with Gasteiger partial charge in [-0.2, -0.15) is 5.10 Å². The maximum Gasteiger partial charge on any atom is 0.165 e. The van der Waals surface area contributed by atoms with E-state index in [9.17, 15) is 0 Å². The van der Waals surface area contributed by atoms with Crippen LogP contribution in [0.1, 0.15) is 38.8 Å². The monoisotopic (exact) mass is 307 g/mol. The van der Waals surface area contributed by atoms with Gasteiger partial charge in [-0.15, -0.1) is 0 Å². The van der Waals surface area contributed by atoms with E-state index in [1.165, 1.54) is 0 Å². The van der Waals surface area contributed by atoms with Crippen LogP contribution in [0.4, 0.5) is 0 Å². The van der Waals surface area contributed by atoms with Crippen LogP contribution in [0.5, 0.6) is 11.5 Å². The van der Waals surface area contributed by atoms with Crippen molar-refractivity contribution in [2.45, 2.75) is 45.7 Å². The van der Waals surface area contributed by atoms with Gasteiger partial charge in [0.05, 0.1) is 12.4 Å². The molecule has 1 unspecified atom stereocenters. The van der Waals surface area contributed by atoms with Crippen molar-refractivity contribution in [1.29, 1.82) is 0 Å². The van der Waals surface area contributed by atoms with E-state index >= 15 is 0 Å². The molecule has 1 heterocycles. The molecule has 21 heavy (non-hydrogen) atoms. The highest BCUT2D eigenvalue weighted by molar-refractivity contribution is 6.30. The lowest BCUT2D eigenvalue weighted by Crippen LogP contribution is -2.21. The minimum Gasteiger partial charge on any atom is -0.454 e. The van der Waals surface area contributed by atoms with Gasteiger partial charge >= 0.3 is 0 Å². The molecule has 114 valence electrons. The summed E-state index contributed by atoms with van der Waals surface area (Å²) in [6.45, 7) is 6.22. The third-order valence-corrected chi connectivity index (χ3v) is 3.60. The number of nitrogens with zero attached hydrogens (tertiary/aromatic N) is 2. The Kier molecular flexibility index (Phi) is 5.26. The standard InChI is InChI=1S/C16H22ClN3O/c1-4-14(18)8-12-7-13(17)5-6-16(12)21-15-9-19-20(10-15)11(2)3/h5-7,9-11,14H,4,8,18H2,1-3H3. The van der Waals surface area contributed by atoms with Crippen molar-refractivity contribution in [3.8, 4) is 11.5 Å². The fourth-order valence-corrected chi connectivity index (χ4v) is 2.21. The van der Waals surface area contributed by atoms with Gasteiger partial charge in [-0.1, -0.05) is 18.5 Å². The molecule has 0 amide bonds. The van der Waals surface area contributed by atoms with Gasteiger partial charge in [-0.25, -0.2) is 0 Å². The van der Waals surface area contributed by atoms with Crippen LogP contribution in [-0.4, -0.2) is 15.8 Å². The molecule has 0 radical (unpaired) electrons. The van der Waals surface area contributed by atoms with Crippen molar-refractivity contribution in [3.63, 3.8) is 0 Å². The number of halogens is 1. The molecule has 2 N–H and O–H groups in total. The third kappa shape index (κ3) is 4.22. The number of aromatic nitrogens is 2. The Hall–Kier alpha value is -1.52. The predicted octanol–water partition coefficient (Wildman–Crippen LogP) is 4.19. The van der Waals surface area contributed by atoms with Gasteiger partial charge in [0.15, 0.2) is 5.75 Å². The van der Waals surface area contributed by atoms with E-state index in [4.69, 9.17) is 22.1 Å². The second-order valence-electron chi connectivity index (χ2n) is 5.48. The summed E-state index contributed by atoms with van der Waals surface area (Å²) in [6, 6.07) is 6.03. The smallest absolute Gasteiger partial charge is 0.165 e. The van der Waals surface area contributed by atoms with Crippen LogP contribution in [0.3, 0.4) is 0 Å². The van der Waals surface area contributed by atoms with E-state index in [0.29, 0.717) is 11.1 Å². The summed E-state index contributed by atoms with van der Waals surface area (Å²) in [5.74, 6) is 1.50. The minimum absolute atomic E-state index is 0.101. The Balaban J connectivity index is 2.21. The molecule has 2 aromatic rings. The molecular weight excluding hydrogens is 286 g/mol. The van der Waals surface area contributed by atoms with E-state index in [2.05, 4.69) is 25.9 Å². The van der Waals surface area contributed by atoms with Gasteiger partial charge in [-0.05, 0) is 50.5 Å². The highest BCUT2D eigenvalue weighted by Gasteiger charge is 2.11. The van der Waals surface area contributed by atoms with Crippen LogP contribution >= 0.6 is 11.6 Å².